The number of carbonyl (C=O) groups is 4. The fourth-order valence-electron chi connectivity index (χ4n) is 5.16. The van der Waals surface area contributed by atoms with E-state index in [1.54, 1.807) is 60.9 Å². The molecule has 2 aliphatic heterocycles. The highest BCUT2D eigenvalue weighted by atomic mass is 16.2. The second-order valence-electron chi connectivity index (χ2n) is 8.56. The predicted molar refractivity (Wildman–Crippen MR) is 129 cm³/mol. The summed E-state index contributed by atoms with van der Waals surface area (Å²) in [7, 11) is 1.42. The first kappa shape index (κ1) is 19.5. The monoisotopic (exact) mass is 458 g/mol. The maximum absolute atomic E-state index is 13.8. The molecule has 0 spiro atoms. The van der Waals surface area contributed by atoms with Gasteiger partial charge in [-0.15, -0.1) is 0 Å². The van der Waals surface area contributed by atoms with Crippen LogP contribution in [0.4, 0.5) is 5.69 Å². The van der Waals surface area contributed by atoms with E-state index in [1.165, 1.54) is 7.05 Å². The van der Waals surface area contributed by atoms with Gasteiger partial charge in [0.1, 0.15) is 0 Å². The summed E-state index contributed by atoms with van der Waals surface area (Å²) in [5.41, 5.74) is 2.75. The lowest BCUT2D eigenvalue weighted by atomic mass is 9.86. The van der Waals surface area contributed by atoms with Crippen molar-refractivity contribution in [3.8, 4) is 0 Å². The molecule has 5 aromatic rings. The van der Waals surface area contributed by atoms with Crippen LogP contribution in [0.15, 0.2) is 67.0 Å². The van der Waals surface area contributed by atoms with Crippen LogP contribution in [0.5, 0.6) is 0 Å². The number of rotatable bonds is 1. The molecule has 7 rings (SSSR count). The van der Waals surface area contributed by atoms with Crippen molar-refractivity contribution in [3.05, 3.63) is 89.2 Å². The van der Waals surface area contributed by atoms with Gasteiger partial charge in [-0.3, -0.25) is 34.0 Å². The van der Waals surface area contributed by atoms with Gasteiger partial charge in [-0.25, -0.2) is 4.90 Å². The van der Waals surface area contributed by atoms with Gasteiger partial charge in [0, 0.05) is 63.2 Å². The average Bonchev–Trinajstić information content (AvgIpc) is 2.89. The Balaban J connectivity index is 1.53. The SMILES string of the molecule is CN1C(=O)c2ccc3c4c(ccc(c24)C1=O)C(=O)N(c1cc2cccnc2c2ncccc12)C3=O. The minimum atomic E-state index is -0.529. The van der Waals surface area contributed by atoms with Crippen molar-refractivity contribution in [2.24, 2.45) is 0 Å². The molecule has 3 aromatic carbocycles. The molecule has 0 bridgehead atoms. The first-order valence-electron chi connectivity index (χ1n) is 10.9. The second kappa shape index (κ2) is 6.54. The highest BCUT2D eigenvalue weighted by Crippen LogP contribution is 2.41. The average molecular weight is 458 g/mol. The van der Waals surface area contributed by atoms with Crippen LogP contribution in [0, 0.1) is 0 Å². The van der Waals surface area contributed by atoms with Gasteiger partial charge in [0.2, 0.25) is 0 Å². The topological polar surface area (TPSA) is 101 Å². The van der Waals surface area contributed by atoms with Crippen LogP contribution >= 0.6 is 0 Å². The van der Waals surface area contributed by atoms with Crippen LogP contribution in [0.1, 0.15) is 41.4 Å². The number of pyridine rings is 2. The summed E-state index contributed by atoms with van der Waals surface area (Å²) < 4.78 is 0. The molecule has 0 aliphatic carbocycles. The number of benzene rings is 3. The van der Waals surface area contributed by atoms with E-state index in [4.69, 9.17) is 0 Å². The molecular weight excluding hydrogens is 444 g/mol. The number of nitrogens with zero attached hydrogens (tertiary/aromatic N) is 4. The summed E-state index contributed by atoms with van der Waals surface area (Å²) in [6.45, 7) is 0. The Labute approximate surface area is 197 Å². The van der Waals surface area contributed by atoms with E-state index in [0.29, 0.717) is 44.0 Å². The molecule has 4 amide bonds. The number of hydrogen-bond acceptors (Lipinski definition) is 6. The molecule has 0 N–H and O–H groups in total. The third kappa shape index (κ3) is 2.35. The normalized spacial score (nSPS) is 15.1. The lowest BCUT2D eigenvalue weighted by Crippen LogP contribution is -2.42. The van der Waals surface area contributed by atoms with Crippen LogP contribution in [-0.2, 0) is 0 Å². The molecule has 2 aliphatic rings. The zero-order valence-corrected chi connectivity index (χ0v) is 18.3. The number of amides is 4. The quantitative estimate of drug-likeness (QED) is 0.278. The summed E-state index contributed by atoms with van der Waals surface area (Å²) in [5, 5.41) is 2.04. The second-order valence-corrected chi connectivity index (χ2v) is 8.56. The number of fused-ring (bicyclic) bond motifs is 3. The largest absolute Gasteiger partial charge is 0.277 e. The van der Waals surface area contributed by atoms with Gasteiger partial charge in [0.15, 0.2) is 0 Å². The molecule has 2 aromatic heterocycles. The molecule has 35 heavy (non-hydrogen) atoms. The molecule has 0 fully saturated rings. The van der Waals surface area contributed by atoms with Gasteiger partial charge in [-0.2, -0.15) is 0 Å². The Kier molecular flexibility index (Phi) is 3.64. The predicted octanol–water partition coefficient (Wildman–Crippen LogP) is 3.96. The number of aromatic nitrogens is 2. The van der Waals surface area contributed by atoms with E-state index in [9.17, 15) is 19.2 Å². The number of hydrogen-bond donors (Lipinski definition) is 0. The standard InChI is InChI=1S/C27H14N4O4/c1-30-24(32)15-6-8-17-21-18(9-7-16(20(15)21)25(30)33)27(35)31(26(17)34)19-12-13-4-2-10-28-22(13)23-14(19)5-3-11-29-23/h2-12H,1H3. The van der Waals surface area contributed by atoms with Crippen LogP contribution in [0.25, 0.3) is 32.6 Å². The Morgan fingerprint density at radius 3 is 1.74 bits per heavy atom. The van der Waals surface area contributed by atoms with E-state index in [1.807, 2.05) is 6.07 Å². The summed E-state index contributed by atoms with van der Waals surface area (Å²) in [5.74, 6) is -1.99. The number of imide groups is 2. The Bertz CT molecular complexity index is 1790. The third-order valence-corrected chi connectivity index (χ3v) is 6.78. The molecule has 8 nitrogen and oxygen atoms in total. The summed E-state index contributed by atoms with van der Waals surface area (Å²) >= 11 is 0. The van der Waals surface area contributed by atoms with Crippen molar-refractivity contribution in [1.82, 2.24) is 14.9 Å². The van der Waals surface area contributed by atoms with Crippen molar-refractivity contribution in [2.45, 2.75) is 0 Å². The fourth-order valence-corrected chi connectivity index (χ4v) is 5.16. The van der Waals surface area contributed by atoms with Crippen molar-refractivity contribution in [2.75, 3.05) is 11.9 Å². The summed E-state index contributed by atoms with van der Waals surface area (Å²) in [6, 6.07) is 15.1. The highest BCUT2D eigenvalue weighted by Gasteiger charge is 2.39. The van der Waals surface area contributed by atoms with Crippen LogP contribution < -0.4 is 4.90 Å². The first-order chi connectivity index (χ1) is 17.0. The fraction of sp³-hybridized carbons (Fsp3) is 0.0370. The Hall–Kier alpha value is -4.98. The van der Waals surface area contributed by atoms with Crippen molar-refractivity contribution < 1.29 is 19.2 Å². The van der Waals surface area contributed by atoms with Crippen LogP contribution in [0.2, 0.25) is 0 Å². The zero-order valence-electron chi connectivity index (χ0n) is 18.3. The van der Waals surface area contributed by atoms with Gasteiger partial charge in [-0.05, 0) is 48.5 Å². The maximum atomic E-state index is 13.8. The molecule has 166 valence electrons. The van der Waals surface area contributed by atoms with Crippen molar-refractivity contribution >= 4 is 61.9 Å². The minimum Gasteiger partial charge on any atom is -0.277 e. The van der Waals surface area contributed by atoms with Crippen molar-refractivity contribution in [1.29, 1.82) is 0 Å². The lowest BCUT2D eigenvalue weighted by molar-refractivity contribution is 0.0649. The van der Waals surface area contributed by atoms with Gasteiger partial charge >= 0.3 is 0 Å². The Morgan fingerprint density at radius 2 is 1.14 bits per heavy atom. The van der Waals surface area contributed by atoms with E-state index >= 15 is 0 Å². The van der Waals surface area contributed by atoms with Gasteiger partial charge < -0.3 is 0 Å². The molecular formula is C27H14N4O4. The van der Waals surface area contributed by atoms with E-state index in [-0.39, 0.29) is 11.1 Å². The van der Waals surface area contributed by atoms with E-state index < -0.39 is 23.6 Å². The van der Waals surface area contributed by atoms with Gasteiger partial charge in [-0.1, -0.05) is 6.07 Å². The first-order valence-corrected chi connectivity index (χ1v) is 10.9. The summed E-state index contributed by atoms with van der Waals surface area (Å²) in [4.78, 5) is 64.3. The third-order valence-electron chi connectivity index (χ3n) is 6.78. The molecule has 4 heterocycles. The molecule has 0 radical (unpaired) electrons. The minimum absolute atomic E-state index is 0.258. The van der Waals surface area contributed by atoms with Crippen LogP contribution in [-0.4, -0.2) is 45.5 Å². The number of anilines is 1. The van der Waals surface area contributed by atoms with Crippen molar-refractivity contribution in [3.63, 3.8) is 0 Å². The Morgan fingerprint density at radius 1 is 0.629 bits per heavy atom. The zero-order chi connectivity index (χ0) is 24.0. The smallest absolute Gasteiger partial charge is 0.266 e. The van der Waals surface area contributed by atoms with E-state index in [0.717, 1.165) is 15.2 Å². The van der Waals surface area contributed by atoms with E-state index in [2.05, 4.69) is 9.97 Å². The molecule has 8 heteroatoms. The molecule has 0 atom stereocenters. The summed E-state index contributed by atoms with van der Waals surface area (Å²) in [6.07, 6.45) is 3.31. The molecule has 0 saturated carbocycles. The van der Waals surface area contributed by atoms with Crippen LogP contribution in [0.3, 0.4) is 0 Å². The van der Waals surface area contributed by atoms with Gasteiger partial charge in [0.25, 0.3) is 23.6 Å². The van der Waals surface area contributed by atoms with Gasteiger partial charge in [0.05, 0.1) is 16.7 Å². The molecule has 0 saturated heterocycles. The molecule has 0 unspecified atom stereocenters. The maximum Gasteiger partial charge on any atom is 0.266 e. The number of carbonyl (C=O) groups excluding carboxylic acids is 4. The lowest BCUT2D eigenvalue weighted by Gasteiger charge is -2.31. The highest BCUT2D eigenvalue weighted by molar-refractivity contribution is 6.40.